The second-order valence-corrected chi connectivity index (χ2v) is 13.1. The number of rotatable bonds is 6. The maximum atomic E-state index is 14.2. The molecule has 1 amide bonds. The molecule has 0 unspecified atom stereocenters. The van der Waals surface area contributed by atoms with Gasteiger partial charge in [0.25, 0.3) is 0 Å². The molecular formula is C29H37ClFN3O4S. The smallest absolute Gasteiger partial charge is 0.409 e. The minimum atomic E-state index is -3.99. The summed E-state index contributed by atoms with van der Waals surface area (Å²) in [6, 6.07) is 11.6. The van der Waals surface area contributed by atoms with E-state index in [4.69, 9.17) is 16.3 Å². The molecule has 0 radical (unpaired) electrons. The zero-order valence-corrected chi connectivity index (χ0v) is 23.8. The second-order valence-electron chi connectivity index (χ2n) is 10.8. The lowest BCUT2D eigenvalue weighted by Crippen LogP contribution is -2.53. The first kappa shape index (κ1) is 28.3. The highest BCUT2D eigenvalue weighted by Gasteiger charge is 2.41. The minimum Gasteiger partial charge on any atom is -0.448 e. The summed E-state index contributed by atoms with van der Waals surface area (Å²) in [5.41, 5.74) is 0.586. The summed E-state index contributed by atoms with van der Waals surface area (Å²) in [7, 11) is -3.99. The van der Waals surface area contributed by atoms with Crippen LogP contribution in [0.15, 0.2) is 53.4 Å². The van der Waals surface area contributed by atoms with Crippen LogP contribution < -0.4 is 0 Å². The van der Waals surface area contributed by atoms with Crippen molar-refractivity contribution in [2.75, 3.05) is 32.8 Å². The maximum absolute atomic E-state index is 14.2. The third-order valence-corrected chi connectivity index (χ3v) is 10.6. The quantitative estimate of drug-likeness (QED) is 0.431. The maximum Gasteiger partial charge on any atom is 0.409 e. The molecule has 5 rings (SSSR count). The van der Waals surface area contributed by atoms with Gasteiger partial charge >= 0.3 is 6.09 Å². The number of piperidine rings is 1. The third kappa shape index (κ3) is 6.59. The van der Waals surface area contributed by atoms with Gasteiger partial charge in [-0.05, 0) is 74.1 Å². The van der Waals surface area contributed by atoms with Crippen LogP contribution in [-0.4, -0.2) is 73.5 Å². The van der Waals surface area contributed by atoms with E-state index in [1.165, 1.54) is 72.8 Å². The molecule has 1 aliphatic carbocycles. The van der Waals surface area contributed by atoms with Crippen LogP contribution in [0.2, 0.25) is 5.02 Å². The standard InChI is InChI=1S/C29H37ClFN3O4S/c30-23-12-14-27(15-13-23)39(36,37)34-26(10-5-11-28(34)22-6-4-7-24(31)20-22)21-38-29(35)33-18-16-32(17-19-33)25-8-2-1-3-9-25/h4,6-7,12-15,20,25-26,28H,1-3,5,8-11,16-19,21H2/t26-,28+/m1/s1. The van der Waals surface area contributed by atoms with Gasteiger partial charge in [-0.25, -0.2) is 17.6 Å². The van der Waals surface area contributed by atoms with Crippen molar-refractivity contribution in [2.45, 2.75) is 74.4 Å². The molecule has 0 bridgehead atoms. The topological polar surface area (TPSA) is 70.2 Å². The molecule has 1 saturated carbocycles. The van der Waals surface area contributed by atoms with Gasteiger partial charge < -0.3 is 9.64 Å². The van der Waals surface area contributed by atoms with E-state index in [0.29, 0.717) is 42.6 Å². The zero-order valence-electron chi connectivity index (χ0n) is 22.2. The highest BCUT2D eigenvalue weighted by molar-refractivity contribution is 7.89. The molecule has 2 aromatic rings. The molecule has 2 heterocycles. The summed E-state index contributed by atoms with van der Waals surface area (Å²) in [6.07, 6.45) is 7.75. The van der Waals surface area contributed by atoms with Crippen molar-refractivity contribution in [3.8, 4) is 0 Å². The molecule has 2 aromatic carbocycles. The molecule has 39 heavy (non-hydrogen) atoms. The SMILES string of the molecule is O=C(OC[C@H]1CCC[C@@H](c2cccc(F)c2)N1S(=O)(=O)c1ccc(Cl)cc1)N1CCN(C2CCCCC2)CC1. The first-order chi connectivity index (χ1) is 18.8. The number of hydrogen-bond acceptors (Lipinski definition) is 5. The van der Waals surface area contributed by atoms with Crippen molar-refractivity contribution in [2.24, 2.45) is 0 Å². The van der Waals surface area contributed by atoms with Crippen LogP contribution >= 0.6 is 11.6 Å². The van der Waals surface area contributed by atoms with Crippen molar-refractivity contribution in [1.29, 1.82) is 0 Å². The molecule has 2 atom stereocenters. The van der Waals surface area contributed by atoms with Gasteiger partial charge in [0.15, 0.2) is 0 Å². The number of carbonyl (C=O) groups excluding carboxylic acids is 1. The molecule has 0 N–H and O–H groups in total. The van der Waals surface area contributed by atoms with Gasteiger partial charge in [0.05, 0.1) is 17.0 Å². The van der Waals surface area contributed by atoms with E-state index < -0.39 is 34.0 Å². The van der Waals surface area contributed by atoms with Crippen molar-refractivity contribution in [3.05, 3.63) is 64.9 Å². The number of halogens is 2. The molecule has 0 spiro atoms. The van der Waals surface area contributed by atoms with E-state index in [1.807, 2.05) is 0 Å². The Morgan fingerprint density at radius 2 is 1.64 bits per heavy atom. The number of ether oxygens (including phenoxy) is 1. The fourth-order valence-corrected chi connectivity index (χ4v) is 8.28. The fourth-order valence-electron chi connectivity index (χ4n) is 6.31. The number of carbonyl (C=O) groups is 1. The van der Waals surface area contributed by atoms with Crippen LogP contribution in [0.3, 0.4) is 0 Å². The molecular weight excluding hydrogens is 541 g/mol. The van der Waals surface area contributed by atoms with Gasteiger partial charge in [-0.2, -0.15) is 4.31 Å². The van der Waals surface area contributed by atoms with E-state index in [-0.39, 0.29) is 11.5 Å². The number of piperazine rings is 1. The fraction of sp³-hybridized carbons (Fsp3) is 0.552. The Kier molecular flexibility index (Phi) is 9.11. The van der Waals surface area contributed by atoms with Crippen molar-refractivity contribution in [1.82, 2.24) is 14.1 Å². The van der Waals surface area contributed by atoms with Gasteiger partial charge in [0.1, 0.15) is 12.4 Å². The Morgan fingerprint density at radius 1 is 0.923 bits per heavy atom. The molecule has 7 nitrogen and oxygen atoms in total. The summed E-state index contributed by atoms with van der Waals surface area (Å²) in [4.78, 5) is 17.4. The van der Waals surface area contributed by atoms with Crippen LogP contribution in [0.25, 0.3) is 0 Å². The van der Waals surface area contributed by atoms with E-state index in [1.54, 1.807) is 17.0 Å². The molecule has 2 saturated heterocycles. The number of amides is 1. The van der Waals surface area contributed by atoms with E-state index in [2.05, 4.69) is 4.90 Å². The zero-order chi connectivity index (χ0) is 27.4. The largest absolute Gasteiger partial charge is 0.448 e. The number of benzene rings is 2. The van der Waals surface area contributed by atoms with Gasteiger partial charge in [0, 0.05) is 37.2 Å². The summed E-state index contributed by atoms with van der Waals surface area (Å²) in [5, 5.41) is 0.434. The summed E-state index contributed by atoms with van der Waals surface area (Å²) < 4.78 is 49.2. The highest BCUT2D eigenvalue weighted by atomic mass is 35.5. The lowest BCUT2D eigenvalue weighted by molar-refractivity contribution is 0.0382. The van der Waals surface area contributed by atoms with Gasteiger partial charge in [-0.3, -0.25) is 4.90 Å². The first-order valence-corrected chi connectivity index (χ1v) is 15.8. The Hall–Kier alpha value is -2.20. The average Bonchev–Trinajstić information content (AvgIpc) is 2.96. The summed E-state index contributed by atoms with van der Waals surface area (Å²) >= 11 is 6.01. The second kappa shape index (κ2) is 12.5. The minimum absolute atomic E-state index is 0.0552. The highest BCUT2D eigenvalue weighted by Crippen LogP contribution is 2.39. The predicted octanol–water partition coefficient (Wildman–Crippen LogP) is 5.85. The van der Waals surface area contributed by atoms with Crippen LogP contribution in [-0.2, 0) is 14.8 Å². The van der Waals surface area contributed by atoms with E-state index in [0.717, 1.165) is 19.5 Å². The Bertz CT molecular complexity index is 1230. The molecule has 2 aliphatic heterocycles. The number of hydrogen-bond donors (Lipinski definition) is 0. The van der Waals surface area contributed by atoms with Gasteiger partial charge in [0.2, 0.25) is 10.0 Å². The summed E-state index contributed by atoms with van der Waals surface area (Å²) in [6.45, 7) is 2.83. The lowest BCUT2D eigenvalue weighted by atomic mass is 9.93. The third-order valence-electron chi connectivity index (χ3n) is 8.37. The molecule has 10 heteroatoms. The van der Waals surface area contributed by atoms with Crippen LogP contribution in [0, 0.1) is 5.82 Å². The van der Waals surface area contributed by atoms with Crippen molar-refractivity contribution < 1.29 is 22.3 Å². The van der Waals surface area contributed by atoms with E-state index in [9.17, 15) is 17.6 Å². The van der Waals surface area contributed by atoms with Crippen LogP contribution in [0.4, 0.5) is 9.18 Å². The Balaban J connectivity index is 1.30. The van der Waals surface area contributed by atoms with Crippen LogP contribution in [0.5, 0.6) is 0 Å². The van der Waals surface area contributed by atoms with Crippen molar-refractivity contribution in [3.63, 3.8) is 0 Å². The molecule has 0 aromatic heterocycles. The van der Waals surface area contributed by atoms with Gasteiger partial charge in [-0.15, -0.1) is 0 Å². The molecule has 3 fully saturated rings. The lowest BCUT2D eigenvalue weighted by Gasteiger charge is -2.42. The first-order valence-electron chi connectivity index (χ1n) is 14.0. The monoisotopic (exact) mass is 577 g/mol. The summed E-state index contributed by atoms with van der Waals surface area (Å²) in [5.74, 6) is -0.419. The normalized spacial score (nSPS) is 24.0. The predicted molar refractivity (Wildman–Crippen MR) is 149 cm³/mol. The van der Waals surface area contributed by atoms with E-state index >= 15 is 0 Å². The Morgan fingerprint density at radius 3 is 2.33 bits per heavy atom. The molecule has 3 aliphatic rings. The number of nitrogens with zero attached hydrogens (tertiary/aromatic N) is 3. The average molecular weight is 578 g/mol. The Labute approximate surface area is 235 Å². The number of sulfonamides is 1. The molecule has 212 valence electrons. The van der Waals surface area contributed by atoms with Crippen molar-refractivity contribution >= 4 is 27.7 Å². The van der Waals surface area contributed by atoms with Crippen LogP contribution in [0.1, 0.15) is 63.0 Å². The van der Waals surface area contributed by atoms with Gasteiger partial charge in [-0.1, -0.05) is 43.0 Å².